The van der Waals surface area contributed by atoms with Crippen molar-refractivity contribution in [3.05, 3.63) is 154 Å². The first kappa shape index (κ1) is 30.2. The average molecular weight is 797 g/mol. The van der Waals surface area contributed by atoms with Crippen LogP contribution in [0.5, 0.6) is 0 Å². The Morgan fingerprint density at radius 3 is 1.21 bits per heavy atom. The molecular weight excluding hydrogens is 768 g/mol. The highest BCUT2D eigenvalue weighted by Gasteiger charge is 2.23. The van der Waals surface area contributed by atoms with Crippen molar-refractivity contribution in [3.8, 4) is 22.3 Å². The zero-order chi connectivity index (χ0) is 34.8. The molecule has 0 radical (unpaired) electrons. The van der Waals surface area contributed by atoms with Crippen molar-refractivity contribution in [3.63, 3.8) is 0 Å². The van der Waals surface area contributed by atoms with Crippen LogP contribution in [0.3, 0.4) is 0 Å². The van der Waals surface area contributed by atoms with Gasteiger partial charge in [-0.1, -0.05) is 128 Å². The van der Waals surface area contributed by atoms with E-state index in [0.717, 1.165) is 85.1 Å². The summed E-state index contributed by atoms with van der Waals surface area (Å²) in [4.78, 5) is 0. The largest absolute Gasteiger partial charge is 0.455 e. The molecule has 0 spiro atoms. The van der Waals surface area contributed by atoms with Crippen LogP contribution in [0.4, 0.5) is 0 Å². The van der Waals surface area contributed by atoms with Crippen molar-refractivity contribution in [2.75, 3.05) is 0 Å². The van der Waals surface area contributed by atoms with Gasteiger partial charge >= 0.3 is 0 Å². The molecule has 0 unspecified atom stereocenters. The molecule has 11 rings (SSSR count). The molecular formula is C48H28Br2O2. The highest BCUT2D eigenvalue weighted by atomic mass is 79.9. The van der Waals surface area contributed by atoms with Gasteiger partial charge < -0.3 is 8.83 Å². The lowest BCUT2D eigenvalue weighted by molar-refractivity contribution is 0.665. The van der Waals surface area contributed by atoms with Gasteiger partial charge in [0.15, 0.2) is 0 Å². The Morgan fingerprint density at radius 2 is 0.788 bits per heavy atom. The summed E-state index contributed by atoms with van der Waals surface area (Å²) in [7, 11) is 0. The maximum absolute atomic E-state index is 7.04. The van der Waals surface area contributed by atoms with E-state index in [-0.39, 0.29) is 0 Å². The van der Waals surface area contributed by atoms with Crippen molar-refractivity contribution in [2.24, 2.45) is 0 Å². The van der Waals surface area contributed by atoms with Crippen LogP contribution in [0.1, 0.15) is 11.1 Å². The number of benzene rings is 9. The van der Waals surface area contributed by atoms with Crippen LogP contribution in [-0.2, 0) is 0 Å². The number of hydrogen-bond donors (Lipinski definition) is 0. The number of fused-ring (bicyclic) bond motifs is 10. The van der Waals surface area contributed by atoms with Gasteiger partial charge in [0, 0.05) is 52.0 Å². The monoisotopic (exact) mass is 794 g/mol. The van der Waals surface area contributed by atoms with Crippen molar-refractivity contribution in [2.45, 2.75) is 13.8 Å². The molecule has 0 aliphatic carbocycles. The van der Waals surface area contributed by atoms with E-state index >= 15 is 0 Å². The maximum atomic E-state index is 7.04. The molecule has 0 saturated carbocycles. The van der Waals surface area contributed by atoms with E-state index in [0.29, 0.717) is 0 Å². The number of halogens is 2. The quantitative estimate of drug-likeness (QED) is 0.129. The second-order valence-electron chi connectivity index (χ2n) is 14.0. The topological polar surface area (TPSA) is 26.3 Å². The van der Waals surface area contributed by atoms with Gasteiger partial charge in [0.25, 0.3) is 0 Å². The van der Waals surface area contributed by atoms with E-state index in [2.05, 4.69) is 179 Å². The first-order valence-electron chi connectivity index (χ1n) is 17.5. The standard InChI is InChI=1S/C48H28Br2O2/c1-25-9-13-27(14-10-25)35-23-39-43-33-5-3-8-42-46(33)44(34-6-4-7-41(45(34)43)51-47(39)37-21-29(49)17-19-31(35)37)40-24-36(28-15-11-26(2)12-16-28)32-20-18-30(50)22-38(32)48(40)52-42/h3-24H,1-2H3. The Kier molecular flexibility index (Phi) is 6.42. The molecule has 0 amide bonds. The first-order valence-corrected chi connectivity index (χ1v) is 19.0. The Morgan fingerprint density at radius 1 is 0.365 bits per heavy atom. The Bertz CT molecular complexity index is 3090. The second kappa shape index (κ2) is 11.0. The second-order valence-corrected chi connectivity index (χ2v) is 15.9. The van der Waals surface area contributed by atoms with Crippen LogP contribution in [0.2, 0.25) is 0 Å². The third kappa shape index (κ3) is 4.28. The predicted molar refractivity (Wildman–Crippen MR) is 227 cm³/mol. The summed E-state index contributed by atoms with van der Waals surface area (Å²) in [5.74, 6) is 0. The SMILES string of the molecule is Cc1ccc(-c2cc3c(oc4cccc5c4c3c3cccc4oc6c7cc(Br)ccc7c(-c7ccc(C)cc7)cc6c5c43)c3cc(Br)ccc23)cc1. The van der Waals surface area contributed by atoms with Crippen LogP contribution >= 0.6 is 31.9 Å². The molecule has 246 valence electrons. The molecule has 2 heterocycles. The van der Waals surface area contributed by atoms with Crippen LogP contribution in [0.15, 0.2) is 151 Å². The van der Waals surface area contributed by atoms with E-state index in [1.165, 1.54) is 44.2 Å². The summed E-state index contributed by atoms with van der Waals surface area (Å²) in [5.41, 5.74) is 10.7. The summed E-state index contributed by atoms with van der Waals surface area (Å²) in [6.45, 7) is 4.27. The van der Waals surface area contributed by atoms with Gasteiger partial charge in [-0.3, -0.25) is 0 Å². The van der Waals surface area contributed by atoms with Gasteiger partial charge in [-0.05, 0) is 106 Å². The van der Waals surface area contributed by atoms with Gasteiger partial charge in [-0.15, -0.1) is 0 Å². The van der Waals surface area contributed by atoms with Crippen LogP contribution < -0.4 is 0 Å². The molecule has 4 heteroatoms. The average Bonchev–Trinajstić information content (AvgIpc) is 3.16. The van der Waals surface area contributed by atoms with Gasteiger partial charge in [0.05, 0.1) is 0 Å². The molecule has 0 atom stereocenters. The zero-order valence-electron chi connectivity index (χ0n) is 28.3. The predicted octanol–water partition coefficient (Wildman–Crippen LogP) is 15.6. The highest BCUT2D eigenvalue weighted by Crippen LogP contribution is 2.50. The molecule has 0 fully saturated rings. The van der Waals surface area contributed by atoms with E-state index in [1.807, 2.05) is 0 Å². The number of rotatable bonds is 2. The summed E-state index contributed by atoms with van der Waals surface area (Å²) in [6.07, 6.45) is 0. The van der Waals surface area contributed by atoms with Gasteiger partial charge in [-0.25, -0.2) is 0 Å². The molecule has 0 N–H and O–H groups in total. The molecule has 0 aliphatic rings. The van der Waals surface area contributed by atoms with Crippen LogP contribution in [0, 0.1) is 13.8 Å². The Labute approximate surface area is 315 Å². The first-order chi connectivity index (χ1) is 25.4. The lowest BCUT2D eigenvalue weighted by Crippen LogP contribution is -1.93. The van der Waals surface area contributed by atoms with Gasteiger partial charge in [-0.2, -0.15) is 0 Å². The molecule has 2 nitrogen and oxygen atoms in total. The minimum Gasteiger partial charge on any atom is -0.455 e. The van der Waals surface area contributed by atoms with Gasteiger partial charge in [0.1, 0.15) is 22.3 Å². The van der Waals surface area contributed by atoms with Crippen molar-refractivity contribution >= 4 is 119 Å². The minimum atomic E-state index is 0.864. The van der Waals surface area contributed by atoms with Crippen molar-refractivity contribution in [1.82, 2.24) is 0 Å². The van der Waals surface area contributed by atoms with Crippen LogP contribution in [-0.4, -0.2) is 0 Å². The summed E-state index contributed by atoms with van der Waals surface area (Å²) in [5, 5.41) is 13.5. The molecule has 0 saturated heterocycles. The molecule has 52 heavy (non-hydrogen) atoms. The van der Waals surface area contributed by atoms with E-state index < -0.39 is 0 Å². The lowest BCUT2D eigenvalue weighted by Gasteiger charge is -2.20. The van der Waals surface area contributed by atoms with Gasteiger partial charge in [0.2, 0.25) is 0 Å². The maximum Gasteiger partial charge on any atom is 0.143 e. The molecule has 11 aromatic rings. The smallest absolute Gasteiger partial charge is 0.143 e. The highest BCUT2D eigenvalue weighted by molar-refractivity contribution is 9.10. The number of hydrogen-bond acceptors (Lipinski definition) is 2. The zero-order valence-corrected chi connectivity index (χ0v) is 31.4. The fraction of sp³-hybridized carbons (Fsp3) is 0.0417. The summed E-state index contributed by atoms with van der Waals surface area (Å²) < 4.78 is 16.1. The Balaban J connectivity index is 1.38. The van der Waals surface area contributed by atoms with E-state index in [4.69, 9.17) is 8.83 Å². The fourth-order valence-electron chi connectivity index (χ4n) is 8.49. The molecule has 0 aliphatic heterocycles. The third-order valence-electron chi connectivity index (χ3n) is 10.9. The van der Waals surface area contributed by atoms with E-state index in [1.54, 1.807) is 0 Å². The van der Waals surface area contributed by atoms with Crippen molar-refractivity contribution in [1.29, 1.82) is 0 Å². The van der Waals surface area contributed by atoms with Crippen molar-refractivity contribution < 1.29 is 8.83 Å². The molecule has 9 aromatic carbocycles. The number of aryl methyl sites for hydroxylation is 2. The lowest BCUT2D eigenvalue weighted by atomic mass is 9.87. The molecule has 2 aromatic heterocycles. The summed E-state index contributed by atoms with van der Waals surface area (Å²) >= 11 is 7.55. The Hall–Kier alpha value is -5.42. The van der Waals surface area contributed by atoms with E-state index in [9.17, 15) is 0 Å². The normalized spacial score (nSPS) is 12.2. The minimum absolute atomic E-state index is 0.864. The fourth-order valence-corrected chi connectivity index (χ4v) is 9.21. The summed E-state index contributed by atoms with van der Waals surface area (Å²) in [6, 6.07) is 48.4. The van der Waals surface area contributed by atoms with Crippen LogP contribution in [0.25, 0.3) is 109 Å². The molecule has 0 bridgehead atoms. The third-order valence-corrected chi connectivity index (χ3v) is 11.9.